The van der Waals surface area contributed by atoms with E-state index in [1.165, 1.54) is 0 Å². The van der Waals surface area contributed by atoms with Crippen molar-refractivity contribution in [3.63, 3.8) is 0 Å². The van der Waals surface area contributed by atoms with E-state index in [1.807, 2.05) is 0 Å². The van der Waals surface area contributed by atoms with Gasteiger partial charge in [-0.15, -0.1) is 0 Å². The fourth-order valence-electron chi connectivity index (χ4n) is 0.453. The van der Waals surface area contributed by atoms with Gasteiger partial charge in [0.05, 0.1) is 0 Å². The first-order valence-electron chi connectivity index (χ1n) is 2.24. The number of hydrogen-bond donors (Lipinski definition) is 1. The highest BCUT2D eigenvalue weighted by Crippen LogP contribution is 2.03. The van der Waals surface area contributed by atoms with Gasteiger partial charge in [-0.2, -0.15) is 0 Å². The minimum Gasteiger partial charge on any atom is -0.477 e. The fourth-order valence-corrected chi connectivity index (χ4v) is 0.453. The lowest BCUT2D eigenvalue weighted by molar-refractivity contribution is -0.170. The van der Waals surface area contributed by atoms with Crippen LogP contribution in [-0.4, -0.2) is 29.9 Å². The number of carbonyl (C=O) groups is 2. The molecule has 1 atom stereocenters. The van der Waals surface area contributed by atoms with Crippen LogP contribution >= 0.6 is 0 Å². The molecule has 0 aliphatic carbocycles. The normalized spacial score (nSPS) is 25.8. The van der Waals surface area contributed by atoms with Crippen LogP contribution < -0.4 is 0 Å². The molecule has 1 heterocycles. The number of carboxylic acid groups (broad SMARTS) is 1. The third-order valence-electron chi connectivity index (χ3n) is 0.793. The first-order valence-corrected chi connectivity index (χ1v) is 2.24. The molecule has 1 rings (SSSR count). The molecule has 1 aliphatic rings. The van der Waals surface area contributed by atoms with Gasteiger partial charge in [0, 0.05) is 0 Å². The lowest BCUT2D eigenvalue weighted by atomic mass is 10.7. The molecule has 1 fully saturated rings. The molecule has 0 aromatic heterocycles. The van der Waals surface area contributed by atoms with E-state index in [0.717, 1.165) is 0 Å². The van der Waals surface area contributed by atoms with Crippen LogP contribution in [0.5, 0.6) is 0 Å². The van der Waals surface area contributed by atoms with Gasteiger partial charge in [-0.3, -0.25) is 0 Å². The van der Waals surface area contributed by atoms with Gasteiger partial charge in [0.2, 0.25) is 0 Å². The van der Waals surface area contributed by atoms with E-state index in [-0.39, 0.29) is 6.61 Å². The number of ether oxygens (including phenoxy) is 2. The monoisotopic (exact) mass is 132 g/mol. The molecule has 1 N–H and O–H groups in total. The second-order valence-electron chi connectivity index (χ2n) is 1.47. The highest BCUT2D eigenvalue weighted by Gasteiger charge is 2.29. The molecule has 0 aromatic rings. The molecule has 1 aliphatic heterocycles. The molecule has 0 bridgehead atoms. The Labute approximate surface area is 50.2 Å². The Morgan fingerprint density at radius 1 is 1.78 bits per heavy atom. The van der Waals surface area contributed by atoms with Gasteiger partial charge in [0.15, 0.2) is 0 Å². The lowest BCUT2D eigenvalue weighted by Gasteiger charge is -1.98. The second-order valence-corrected chi connectivity index (χ2v) is 1.47. The third-order valence-corrected chi connectivity index (χ3v) is 0.793. The highest BCUT2D eigenvalue weighted by molar-refractivity contribution is 5.80. The molecular weight excluding hydrogens is 128 g/mol. The number of rotatable bonds is 1. The van der Waals surface area contributed by atoms with Crippen LogP contribution in [0.4, 0.5) is 0 Å². The van der Waals surface area contributed by atoms with Crippen molar-refractivity contribution in [2.75, 3.05) is 6.61 Å². The van der Waals surface area contributed by atoms with Crippen molar-refractivity contribution in [3.05, 3.63) is 0 Å². The van der Waals surface area contributed by atoms with Crippen LogP contribution in [0, 0.1) is 0 Å². The number of esters is 1. The van der Waals surface area contributed by atoms with E-state index in [2.05, 4.69) is 9.47 Å². The molecule has 0 aromatic carbocycles. The molecule has 9 heavy (non-hydrogen) atoms. The fraction of sp³-hybridized carbons (Fsp3) is 0.500. The average molecular weight is 132 g/mol. The van der Waals surface area contributed by atoms with Gasteiger partial charge < -0.3 is 14.6 Å². The van der Waals surface area contributed by atoms with Crippen LogP contribution in [0.1, 0.15) is 0 Å². The van der Waals surface area contributed by atoms with Crippen molar-refractivity contribution in [3.8, 4) is 0 Å². The minimum absolute atomic E-state index is 0.267. The number of cyclic esters (lactones) is 1. The summed E-state index contributed by atoms with van der Waals surface area (Å²) in [6.45, 7) is -0.267. The molecule has 1 unspecified atom stereocenters. The zero-order chi connectivity index (χ0) is 6.85. The smallest absolute Gasteiger partial charge is 0.374 e. The zero-order valence-corrected chi connectivity index (χ0v) is 4.36. The van der Waals surface area contributed by atoms with Gasteiger partial charge in [-0.05, 0) is 0 Å². The zero-order valence-electron chi connectivity index (χ0n) is 4.36. The maximum absolute atomic E-state index is 10.1. The number of hydrogen-bond acceptors (Lipinski definition) is 4. The molecule has 50 valence electrons. The lowest BCUT2D eigenvalue weighted by Crippen LogP contribution is -2.20. The van der Waals surface area contributed by atoms with Gasteiger partial charge in [0.1, 0.15) is 6.61 Å². The Morgan fingerprint density at radius 3 is 2.67 bits per heavy atom. The van der Waals surface area contributed by atoms with Crippen molar-refractivity contribution in [2.24, 2.45) is 0 Å². The van der Waals surface area contributed by atoms with Gasteiger partial charge in [-0.25, -0.2) is 9.59 Å². The summed E-state index contributed by atoms with van der Waals surface area (Å²) in [5.41, 5.74) is 0. The molecule has 1 saturated heterocycles. The standard InChI is InChI=1S/C4H4O5/c5-2-1-8-4(9-2)3(6)7/h4H,1H2,(H,6,7). The van der Waals surface area contributed by atoms with Crippen LogP contribution in [0.2, 0.25) is 0 Å². The Balaban J connectivity index is 2.48. The predicted octanol–water partition coefficient (Wildman–Crippen LogP) is -1.03. The summed E-state index contributed by atoms with van der Waals surface area (Å²) in [4.78, 5) is 20.1. The highest BCUT2D eigenvalue weighted by atomic mass is 16.8. The first kappa shape index (κ1) is 6.03. The summed E-state index contributed by atoms with van der Waals surface area (Å²) in [6, 6.07) is 0. The van der Waals surface area contributed by atoms with Crippen molar-refractivity contribution in [1.82, 2.24) is 0 Å². The second kappa shape index (κ2) is 2.02. The van der Waals surface area contributed by atoms with Crippen LogP contribution in [0.25, 0.3) is 0 Å². The number of carbonyl (C=O) groups excluding carboxylic acids is 1. The molecule has 5 heteroatoms. The summed E-state index contributed by atoms with van der Waals surface area (Å²) >= 11 is 0. The summed E-state index contributed by atoms with van der Waals surface area (Å²) in [6.07, 6.45) is -1.39. The Morgan fingerprint density at radius 2 is 2.44 bits per heavy atom. The van der Waals surface area contributed by atoms with E-state index in [4.69, 9.17) is 5.11 Å². The van der Waals surface area contributed by atoms with E-state index < -0.39 is 18.2 Å². The van der Waals surface area contributed by atoms with Gasteiger partial charge in [-0.1, -0.05) is 0 Å². The van der Waals surface area contributed by atoms with Crippen LogP contribution in [0.3, 0.4) is 0 Å². The average Bonchev–Trinajstić information content (AvgIpc) is 2.14. The maximum atomic E-state index is 10.1. The summed E-state index contributed by atoms with van der Waals surface area (Å²) < 4.78 is 8.52. The van der Waals surface area contributed by atoms with E-state index >= 15 is 0 Å². The Bertz CT molecular complexity index is 151. The van der Waals surface area contributed by atoms with Crippen molar-refractivity contribution < 1.29 is 24.2 Å². The Hall–Kier alpha value is -1.10. The van der Waals surface area contributed by atoms with Gasteiger partial charge in [0.25, 0.3) is 0 Å². The topological polar surface area (TPSA) is 72.8 Å². The van der Waals surface area contributed by atoms with Crippen molar-refractivity contribution >= 4 is 11.9 Å². The van der Waals surface area contributed by atoms with E-state index in [1.54, 1.807) is 0 Å². The predicted molar refractivity (Wildman–Crippen MR) is 23.5 cm³/mol. The number of carboxylic acids is 1. The summed E-state index contributed by atoms with van der Waals surface area (Å²) in [5, 5.41) is 8.13. The third kappa shape index (κ3) is 1.17. The molecule has 5 nitrogen and oxygen atoms in total. The number of aliphatic carboxylic acids is 1. The molecule has 0 radical (unpaired) electrons. The Kier molecular flexibility index (Phi) is 1.35. The largest absolute Gasteiger partial charge is 0.477 e. The van der Waals surface area contributed by atoms with Crippen molar-refractivity contribution in [2.45, 2.75) is 6.29 Å². The summed E-state index contributed by atoms with van der Waals surface area (Å²) in [5.74, 6) is -1.91. The minimum atomic E-state index is -1.39. The van der Waals surface area contributed by atoms with Gasteiger partial charge >= 0.3 is 18.2 Å². The van der Waals surface area contributed by atoms with Crippen LogP contribution in [0.15, 0.2) is 0 Å². The molecule has 0 spiro atoms. The maximum Gasteiger partial charge on any atom is 0.374 e. The first-order chi connectivity index (χ1) is 4.20. The molecular formula is C4H4O5. The summed E-state index contributed by atoms with van der Waals surface area (Å²) in [7, 11) is 0. The van der Waals surface area contributed by atoms with Crippen LogP contribution in [-0.2, 0) is 19.1 Å². The van der Waals surface area contributed by atoms with E-state index in [9.17, 15) is 9.59 Å². The molecule has 0 amide bonds. The SMILES string of the molecule is O=C1COC(C(=O)O)O1. The van der Waals surface area contributed by atoms with E-state index in [0.29, 0.717) is 0 Å². The quantitative estimate of drug-likeness (QED) is 0.462. The van der Waals surface area contributed by atoms with Crippen molar-refractivity contribution in [1.29, 1.82) is 0 Å². The molecule has 0 saturated carbocycles.